The predicted molar refractivity (Wildman–Crippen MR) is 93.7 cm³/mol. The molecule has 0 atom stereocenters. The molecule has 0 spiro atoms. The lowest BCUT2D eigenvalue weighted by atomic mass is 9.93. The van der Waals surface area contributed by atoms with Crippen LogP contribution in [0, 0.1) is 0 Å². The molecule has 2 N–H and O–H groups in total. The Morgan fingerprint density at radius 2 is 2.09 bits per heavy atom. The van der Waals surface area contributed by atoms with Gasteiger partial charge in [0.15, 0.2) is 5.16 Å². The Labute approximate surface area is 142 Å². The zero-order chi connectivity index (χ0) is 15.9. The lowest BCUT2D eigenvalue weighted by Crippen LogP contribution is -2.34. The third-order valence-electron chi connectivity index (χ3n) is 3.70. The van der Waals surface area contributed by atoms with Gasteiger partial charge >= 0.3 is 0 Å². The topological polar surface area (TPSA) is 68.9 Å². The van der Waals surface area contributed by atoms with E-state index in [2.05, 4.69) is 16.6 Å². The average molecular weight is 352 g/mol. The van der Waals surface area contributed by atoms with E-state index in [9.17, 15) is 4.79 Å². The number of hydrogen-bond donors (Lipinski definition) is 1. The minimum Gasteiger partial charge on any atom is -0.368 e. The Morgan fingerprint density at radius 1 is 1.36 bits per heavy atom. The Balaban J connectivity index is 2.03. The minimum absolute atomic E-state index is 0.361. The molecule has 0 fully saturated rings. The molecule has 0 aromatic carbocycles. The summed E-state index contributed by atoms with van der Waals surface area (Å²) < 4.78 is 0.572. The number of nitrogens with two attached hydrogens (primary N) is 1. The quantitative estimate of drug-likeness (QED) is 0.675. The second-order valence-electron chi connectivity index (χ2n) is 5.63. The molecule has 22 heavy (non-hydrogen) atoms. The molecule has 4 nitrogen and oxygen atoms in total. The number of thioether (sulfide) groups is 2. The highest BCUT2D eigenvalue weighted by molar-refractivity contribution is 8.01. The molecule has 1 aliphatic rings. The molecular formula is C15H17N3OS3. The van der Waals surface area contributed by atoms with Crippen molar-refractivity contribution in [2.24, 2.45) is 5.73 Å². The number of primary amides is 1. The van der Waals surface area contributed by atoms with Crippen molar-refractivity contribution in [2.75, 3.05) is 6.26 Å². The van der Waals surface area contributed by atoms with Crippen LogP contribution in [0.15, 0.2) is 20.9 Å². The van der Waals surface area contributed by atoms with E-state index in [1.54, 1.807) is 36.9 Å². The van der Waals surface area contributed by atoms with Gasteiger partial charge in [0.1, 0.15) is 0 Å². The van der Waals surface area contributed by atoms with Gasteiger partial charge in [0, 0.05) is 11.8 Å². The van der Waals surface area contributed by atoms with Crippen LogP contribution < -0.4 is 5.73 Å². The molecule has 2 heterocycles. The third-order valence-corrected chi connectivity index (χ3v) is 6.98. The molecule has 116 valence electrons. The van der Waals surface area contributed by atoms with Crippen molar-refractivity contribution < 1.29 is 4.79 Å². The van der Waals surface area contributed by atoms with Gasteiger partial charge in [-0.3, -0.25) is 4.79 Å². The van der Waals surface area contributed by atoms with Gasteiger partial charge in [-0.15, -0.1) is 23.1 Å². The van der Waals surface area contributed by atoms with Crippen molar-refractivity contribution in [3.05, 3.63) is 22.7 Å². The molecule has 0 saturated carbocycles. The lowest BCUT2D eigenvalue weighted by molar-refractivity contribution is -0.119. The first kappa shape index (κ1) is 15.8. The number of rotatable bonds is 4. The van der Waals surface area contributed by atoms with Crippen LogP contribution >= 0.6 is 34.9 Å². The monoisotopic (exact) mass is 351 g/mol. The molecule has 1 aliphatic carbocycles. The number of carbonyl (C=O) groups is 1. The number of aryl methyl sites for hydroxylation is 2. The second kappa shape index (κ2) is 5.86. The first-order valence-corrected chi connectivity index (χ1v) is 9.84. The smallest absolute Gasteiger partial charge is 0.233 e. The van der Waals surface area contributed by atoms with Crippen LogP contribution in [0.5, 0.6) is 0 Å². The summed E-state index contributed by atoms with van der Waals surface area (Å²) in [4.78, 5) is 20.7. The Kier molecular flexibility index (Phi) is 4.22. The van der Waals surface area contributed by atoms with Crippen molar-refractivity contribution in [1.29, 1.82) is 0 Å². The number of amides is 1. The maximum atomic E-state index is 11.5. The summed E-state index contributed by atoms with van der Waals surface area (Å²) in [7, 11) is 0. The molecule has 0 aliphatic heterocycles. The lowest BCUT2D eigenvalue weighted by Gasteiger charge is -2.21. The van der Waals surface area contributed by atoms with Gasteiger partial charge in [0.2, 0.25) is 5.91 Å². The number of fused-ring (bicyclic) bond motifs is 3. The van der Waals surface area contributed by atoms with Crippen LogP contribution in [0.1, 0.15) is 25.0 Å². The number of aromatic nitrogens is 2. The number of carbonyl (C=O) groups excluding carboxylic acids is 1. The molecule has 2 aromatic rings. The van der Waals surface area contributed by atoms with Crippen molar-refractivity contribution in [1.82, 2.24) is 9.97 Å². The van der Waals surface area contributed by atoms with Gasteiger partial charge < -0.3 is 5.73 Å². The van der Waals surface area contributed by atoms with Crippen molar-refractivity contribution in [3.63, 3.8) is 0 Å². The van der Waals surface area contributed by atoms with Gasteiger partial charge in [-0.05, 0) is 49.5 Å². The fourth-order valence-electron chi connectivity index (χ4n) is 2.34. The summed E-state index contributed by atoms with van der Waals surface area (Å²) in [5.74, 6) is -0.361. The molecule has 0 unspecified atom stereocenters. The van der Waals surface area contributed by atoms with E-state index in [4.69, 9.17) is 10.7 Å². The fraction of sp³-hybridized carbons (Fsp3) is 0.400. The molecular weight excluding hydrogens is 334 g/mol. The van der Waals surface area contributed by atoms with Crippen molar-refractivity contribution in [2.45, 2.75) is 40.8 Å². The van der Waals surface area contributed by atoms with E-state index in [0.717, 1.165) is 18.5 Å². The van der Waals surface area contributed by atoms with Crippen LogP contribution in [0.4, 0.5) is 0 Å². The summed E-state index contributed by atoms with van der Waals surface area (Å²) >= 11 is 4.85. The van der Waals surface area contributed by atoms with Gasteiger partial charge in [0.05, 0.1) is 14.7 Å². The highest BCUT2D eigenvalue weighted by Gasteiger charge is 2.29. The van der Waals surface area contributed by atoms with Gasteiger partial charge in [-0.25, -0.2) is 9.97 Å². The number of nitrogens with zero attached hydrogens (tertiary/aromatic N) is 2. The largest absolute Gasteiger partial charge is 0.368 e. The molecule has 0 radical (unpaired) electrons. The summed E-state index contributed by atoms with van der Waals surface area (Å²) in [6, 6.07) is 0. The number of hydrogen-bond acceptors (Lipinski definition) is 6. The molecule has 7 heteroatoms. The fourth-order valence-corrected chi connectivity index (χ4v) is 4.93. The highest BCUT2D eigenvalue weighted by atomic mass is 32.2. The average Bonchev–Trinajstić information content (AvgIpc) is 2.90. The van der Waals surface area contributed by atoms with Crippen LogP contribution in [0.25, 0.3) is 11.3 Å². The highest BCUT2D eigenvalue weighted by Crippen LogP contribution is 2.43. The summed E-state index contributed by atoms with van der Waals surface area (Å²) in [6.07, 6.45) is 6.00. The van der Waals surface area contributed by atoms with E-state index in [1.807, 2.05) is 6.20 Å². The molecule has 1 amide bonds. The molecule has 0 saturated heterocycles. The summed E-state index contributed by atoms with van der Waals surface area (Å²) in [5, 5.41) is 2.83. The minimum atomic E-state index is -0.720. The van der Waals surface area contributed by atoms with Crippen LogP contribution in [-0.4, -0.2) is 26.9 Å². The SMILES string of the molecule is CSc1scc2c1-c1nc(SC(C)(C)C(N)=O)ncc1CC2. The van der Waals surface area contributed by atoms with Crippen molar-refractivity contribution >= 4 is 40.8 Å². The van der Waals surface area contributed by atoms with Crippen LogP contribution in [-0.2, 0) is 17.6 Å². The van der Waals surface area contributed by atoms with Gasteiger partial charge in [0.25, 0.3) is 0 Å². The van der Waals surface area contributed by atoms with E-state index in [1.165, 1.54) is 32.7 Å². The van der Waals surface area contributed by atoms with Gasteiger partial charge in [-0.2, -0.15) is 0 Å². The maximum absolute atomic E-state index is 11.5. The van der Waals surface area contributed by atoms with E-state index in [0.29, 0.717) is 5.16 Å². The van der Waals surface area contributed by atoms with Crippen molar-refractivity contribution in [3.8, 4) is 11.3 Å². The Bertz CT molecular complexity index is 726. The first-order valence-electron chi connectivity index (χ1n) is 6.92. The summed E-state index contributed by atoms with van der Waals surface area (Å²) in [5.41, 5.74) is 10.3. The normalized spacial score (nSPS) is 13.6. The van der Waals surface area contributed by atoms with Crippen LogP contribution in [0.2, 0.25) is 0 Å². The number of thiophene rings is 1. The van der Waals surface area contributed by atoms with Crippen LogP contribution in [0.3, 0.4) is 0 Å². The first-order chi connectivity index (χ1) is 10.4. The Morgan fingerprint density at radius 3 is 2.77 bits per heavy atom. The predicted octanol–water partition coefficient (Wildman–Crippen LogP) is 3.38. The zero-order valence-electron chi connectivity index (χ0n) is 12.7. The van der Waals surface area contributed by atoms with E-state index in [-0.39, 0.29) is 5.91 Å². The Hall–Kier alpha value is -1.05. The molecule has 3 rings (SSSR count). The standard InChI is InChI=1S/C15H17N3OS3/c1-15(2,13(16)19)22-14-17-6-8-4-5-9-7-21-12(20-3)10(9)11(8)18-14/h6-7H,4-5H2,1-3H3,(H2,16,19). The zero-order valence-corrected chi connectivity index (χ0v) is 15.1. The maximum Gasteiger partial charge on any atom is 0.233 e. The summed E-state index contributed by atoms with van der Waals surface area (Å²) in [6.45, 7) is 3.60. The van der Waals surface area contributed by atoms with Gasteiger partial charge in [-0.1, -0.05) is 11.8 Å². The molecule has 0 bridgehead atoms. The third kappa shape index (κ3) is 2.77. The molecule has 2 aromatic heterocycles. The van der Waals surface area contributed by atoms with E-state index < -0.39 is 4.75 Å². The van der Waals surface area contributed by atoms with E-state index >= 15 is 0 Å². The second-order valence-corrected chi connectivity index (χ2v) is 9.18.